The van der Waals surface area contributed by atoms with Gasteiger partial charge in [0.15, 0.2) is 0 Å². The highest BCUT2D eigenvalue weighted by Gasteiger charge is 2.13. The van der Waals surface area contributed by atoms with Crippen molar-refractivity contribution in [2.75, 3.05) is 6.54 Å². The molecule has 0 unspecified atom stereocenters. The van der Waals surface area contributed by atoms with Crippen molar-refractivity contribution >= 4 is 5.91 Å². The predicted molar refractivity (Wildman–Crippen MR) is 51.6 cm³/mol. The lowest BCUT2D eigenvalue weighted by molar-refractivity contribution is -0.121. The van der Waals surface area contributed by atoms with Gasteiger partial charge in [0.1, 0.15) is 0 Å². The fourth-order valence-corrected chi connectivity index (χ4v) is 0.934. The van der Waals surface area contributed by atoms with E-state index in [-0.39, 0.29) is 18.9 Å². The van der Waals surface area contributed by atoms with E-state index in [2.05, 4.69) is 15.5 Å². The van der Waals surface area contributed by atoms with Crippen LogP contribution in [0.4, 0.5) is 0 Å². The summed E-state index contributed by atoms with van der Waals surface area (Å²) in [6.45, 7) is 3.53. The fraction of sp³-hybridized carbons (Fsp3) is 0.556. The zero-order valence-corrected chi connectivity index (χ0v) is 8.37. The van der Waals surface area contributed by atoms with Crippen LogP contribution in [0, 0.1) is 0 Å². The van der Waals surface area contributed by atoms with Crippen molar-refractivity contribution < 1.29 is 9.90 Å². The fourth-order valence-electron chi connectivity index (χ4n) is 0.934. The van der Waals surface area contributed by atoms with Crippen LogP contribution in [0.25, 0.3) is 0 Å². The number of rotatable bonds is 4. The van der Waals surface area contributed by atoms with Crippen molar-refractivity contribution in [3.63, 3.8) is 0 Å². The Balaban J connectivity index is 2.30. The summed E-state index contributed by atoms with van der Waals surface area (Å²) in [6.07, 6.45) is 1.86. The Morgan fingerprint density at radius 2 is 2.43 bits per heavy atom. The van der Waals surface area contributed by atoms with E-state index in [0.29, 0.717) is 0 Å². The average molecular weight is 197 g/mol. The minimum Gasteiger partial charge on any atom is -0.389 e. The normalized spacial score (nSPS) is 11.4. The molecule has 0 atom stereocenters. The summed E-state index contributed by atoms with van der Waals surface area (Å²) in [7, 11) is 0. The number of amides is 1. The lowest BCUT2D eigenvalue weighted by atomic mass is 10.1. The van der Waals surface area contributed by atoms with Gasteiger partial charge in [-0.15, -0.1) is 0 Å². The number of hydrogen-bond acceptors (Lipinski definition) is 3. The van der Waals surface area contributed by atoms with E-state index in [9.17, 15) is 9.90 Å². The van der Waals surface area contributed by atoms with Crippen molar-refractivity contribution in [3.8, 4) is 0 Å². The highest BCUT2D eigenvalue weighted by molar-refractivity contribution is 5.78. The first-order chi connectivity index (χ1) is 6.47. The summed E-state index contributed by atoms with van der Waals surface area (Å²) in [5, 5.41) is 18.4. The molecule has 5 heteroatoms. The number of aliphatic hydroxyl groups is 1. The molecule has 78 valence electrons. The lowest BCUT2D eigenvalue weighted by Gasteiger charge is -2.17. The number of nitrogens with zero attached hydrogens (tertiary/aromatic N) is 1. The van der Waals surface area contributed by atoms with E-state index in [1.54, 1.807) is 26.1 Å². The molecule has 0 aliphatic carbocycles. The van der Waals surface area contributed by atoms with Crippen LogP contribution >= 0.6 is 0 Å². The van der Waals surface area contributed by atoms with Gasteiger partial charge < -0.3 is 10.4 Å². The summed E-state index contributed by atoms with van der Waals surface area (Å²) in [5.74, 6) is -0.128. The summed E-state index contributed by atoms with van der Waals surface area (Å²) in [4.78, 5) is 11.3. The largest absolute Gasteiger partial charge is 0.389 e. The maximum absolute atomic E-state index is 11.3. The van der Waals surface area contributed by atoms with Crippen LogP contribution in [0.1, 0.15) is 19.5 Å². The Morgan fingerprint density at radius 1 is 1.71 bits per heavy atom. The molecule has 0 aliphatic rings. The number of aromatic amines is 1. The molecule has 0 spiro atoms. The Hall–Kier alpha value is -1.36. The van der Waals surface area contributed by atoms with Crippen molar-refractivity contribution in [1.82, 2.24) is 15.5 Å². The van der Waals surface area contributed by atoms with E-state index in [4.69, 9.17) is 0 Å². The number of carbonyl (C=O) groups excluding carboxylic acids is 1. The molecule has 0 bridgehead atoms. The van der Waals surface area contributed by atoms with E-state index >= 15 is 0 Å². The second-order valence-corrected chi connectivity index (χ2v) is 3.85. The zero-order chi connectivity index (χ0) is 10.6. The molecule has 5 nitrogen and oxygen atoms in total. The molecular formula is C9H15N3O2. The first-order valence-electron chi connectivity index (χ1n) is 4.45. The van der Waals surface area contributed by atoms with Crippen LogP contribution < -0.4 is 5.32 Å². The first kappa shape index (κ1) is 10.7. The summed E-state index contributed by atoms with van der Waals surface area (Å²) in [6, 6.07) is 1.74. The smallest absolute Gasteiger partial charge is 0.226 e. The van der Waals surface area contributed by atoms with Crippen molar-refractivity contribution in [2.24, 2.45) is 0 Å². The summed E-state index contributed by atoms with van der Waals surface area (Å²) in [5.41, 5.74) is -0.109. The van der Waals surface area contributed by atoms with Crippen LogP contribution in [-0.2, 0) is 11.2 Å². The maximum atomic E-state index is 11.3. The van der Waals surface area contributed by atoms with Gasteiger partial charge in [-0.2, -0.15) is 5.10 Å². The van der Waals surface area contributed by atoms with Gasteiger partial charge in [0.2, 0.25) is 5.91 Å². The molecule has 0 aliphatic heterocycles. The van der Waals surface area contributed by atoms with E-state index < -0.39 is 5.60 Å². The molecule has 0 saturated heterocycles. The summed E-state index contributed by atoms with van der Waals surface area (Å²) >= 11 is 0. The third-order valence-corrected chi connectivity index (χ3v) is 1.63. The minimum absolute atomic E-state index is 0.128. The molecule has 1 heterocycles. The molecule has 1 aromatic rings. The number of carbonyl (C=O) groups is 1. The quantitative estimate of drug-likeness (QED) is 0.627. The van der Waals surface area contributed by atoms with E-state index in [0.717, 1.165) is 5.69 Å². The second-order valence-electron chi connectivity index (χ2n) is 3.85. The van der Waals surface area contributed by atoms with Gasteiger partial charge in [-0.05, 0) is 19.9 Å². The van der Waals surface area contributed by atoms with Crippen molar-refractivity contribution in [3.05, 3.63) is 18.0 Å². The number of hydrogen-bond donors (Lipinski definition) is 3. The van der Waals surface area contributed by atoms with Crippen molar-refractivity contribution in [1.29, 1.82) is 0 Å². The van der Waals surface area contributed by atoms with Crippen LogP contribution in [0.5, 0.6) is 0 Å². The standard InChI is InChI=1S/C9H15N3O2/c1-9(2,14)6-10-8(13)5-7-3-4-11-12-7/h3-4,14H,5-6H2,1-2H3,(H,10,13)(H,11,12). The average Bonchev–Trinajstić information content (AvgIpc) is 2.52. The van der Waals surface area contributed by atoms with Crippen LogP contribution in [0.2, 0.25) is 0 Å². The molecule has 14 heavy (non-hydrogen) atoms. The molecule has 1 rings (SSSR count). The molecule has 0 saturated carbocycles. The lowest BCUT2D eigenvalue weighted by Crippen LogP contribution is -2.38. The van der Waals surface area contributed by atoms with Crippen molar-refractivity contribution in [2.45, 2.75) is 25.9 Å². The van der Waals surface area contributed by atoms with Gasteiger partial charge in [-0.1, -0.05) is 0 Å². The predicted octanol–water partition coefficient (Wildman–Crippen LogP) is -0.161. The van der Waals surface area contributed by atoms with E-state index in [1.807, 2.05) is 0 Å². The molecule has 1 amide bonds. The number of aromatic nitrogens is 2. The number of H-pyrrole nitrogens is 1. The van der Waals surface area contributed by atoms with Gasteiger partial charge in [0.25, 0.3) is 0 Å². The Bertz CT molecular complexity index is 288. The topological polar surface area (TPSA) is 78.0 Å². The maximum Gasteiger partial charge on any atom is 0.226 e. The molecule has 0 fully saturated rings. The third kappa shape index (κ3) is 4.04. The Kier molecular flexibility index (Phi) is 3.24. The second kappa shape index (κ2) is 4.23. The minimum atomic E-state index is -0.871. The zero-order valence-electron chi connectivity index (χ0n) is 8.37. The molecule has 0 aromatic carbocycles. The third-order valence-electron chi connectivity index (χ3n) is 1.63. The van der Waals surface area contributed by atoms with E-state index in [1.165, 1.54) is 0 Å². The van der Waals surface area contributed by atoms with Gasteiger partial charge in [0.05, 0.1) is 12.0 Å². The van der Waals surface area contributed by atoms with Gasteiger partial charge in [-0.3, -0.25) is 9.89 Å². The van der Waals surface area contributed by atoms with Crippen LogP contribution in [-0.4, -0.2) is 33.4 Å². The molecule has 3 N–H and O–H groups in total. The first-order valence-corrected chi connectivity index (χ1v) is 4.45. The Labute approximate surface area is 82.5 Å². The molecule has 1 aromatic heterocycles. The van der Waals surface area contributed by atoms with Crippen LogP contribution in [0.15, 0.2) is 12.3 Å². The Morgan fingerprint density at radius 3 is 2.93 bits per heavy atom. The SMILES string of the molecule is CC(C)(O)CNC(=O)Cc1ccn[nH]1. The van der Waals surface area contributed by atoms with Gasteiger partial charge in [-0.25, -0.2) is 0 Å². The number of nitrogens with one attached hydrogen (secondary N) is 2. The monoisotopic (exact) mass is 197 g/mol. The van der Waals surface area contributed by atoms with Gasteiger partial charge in [0, 0.05) is 18.4 Å². The van der Waals surface area contributed by atoms with Crippen LogP contribution in [0.3, 0.4) is 0 Å². The highest BCUT2D eigenvalue weighted by Crippen LogP contribution is 1.98. The molecule has 0 radical (unpaired) electrons. The highest BCUT2D eigenvalue weighted by atomic mass is 16.3. The molecular weight excluding hydrogens is 182 g/mol. The summed E-state index contributed by atoms with van der Waals surface area (Å²) < 4.78 is 0. The van der Waals surface area contributed by atoms with Gasteiger partial charge >= 0.3 is 0 Å².